The molecule has 0 radical (unpaired) electrons. The van der Waals surface area contributed by atoms with Crippen LogP contribution in [0.4, 0.5) is 5.69 Å². The molecule has 0 saturated carbocycles. The highest BCUT2D eigenvalue weighted by Crippen LogP contribution is 2.07. The van der Waals surface area contributed by atoms with Crippen LogP contribution in [-0.4, -0.2) is 40.6 Å². The second kappa shape index (κ2) is 4.75. The molecule has 0 aliphatic heterocycles. The van der Waals surface area contributed by atoms with Gasteiger partial charge in [-0.15, -0.1) is 0 Å². The van der Waals surface area contributed by atoms with Gasteiger partial charge in [-0.1, -0.05) is 0 Å². The SMILES string of the molecule is CC(CO)N(C)C(=O)c1cc(N)ccn1. The van der Waals surface area contributed by atoms with Crippen LogP contribution in [0.5, 0.6) is 0 Å². The first-order chi connectivity index (χ1) is 7.06. The van der Waals surface area contributed by atoms with Crippen molar-refractivity contribution < 1.29 is 9.90 Å². The quantitative estimate of drug-likeness (QED) is 0.740. The number of nitrogens with two attached hydrogens (primary N) is 1. The monoisotopic (exact) mass is 209 g/mol. The first kappa shape index (κ1) is 11.5. The molecule has 1 unspecified atom stereocenters. The second-order valence-electron chi connectivity index (χ2n) is 3.42. The minimum Gasteiger partial charge on any atom is -0.399 e. The first-order valence-corrected chi connectivity index (χ1v) is 4.65. The number of pyridine rings is 1. The van der Waals surface area contributed by atoms with E-state index >= 15 is 0 Å². The molecule has 82 valence electrons. The number of aromatic nitrogens is 1. The van der Waals surface area contributed by atoms with Gasteiger partial charge in [-0.3, -0.25) is 9.78 Å². The van der Waals surface area contributed by atoms with Crippen LogP contribution in [0.2, 0.25) is 0 Å². The Morgan fingerprint density at radius 3 is 2.93 bits per heavy atom. The third-order valence-electron chi connectivity index (χ3n) is 2.25. The summed E-state index contributed by atoms with van der Waals surface area (Å²) in [7, 11) is 1.62. The van der Waals surface area contributed by atoms with Gasteiger partial charge >= 0.3 is 0 Å². The van der Waals surface area contributed by atoms with Crippen molar-refractivity contribution in [1.82, 2.24) is 9.88 Å². The fourth-order valence-electron chi connectivity index (χ4n) is 1.07. The molecule has 0 bridgehead atoms. The Morgan fingerprint density at radius 2 is 2.40 bits per heavy atom. The molecule has 1 amide bonds. The Labute approximate surface area is 88.5 Å². The van der Waals surface area contributed by atoms with Crippen molar-refractivity contribution in [3.05, 3.63) is 24.0 Å². The summed E-state index contributed by atoms with van der Waals surface area (Å²) in [4.78, 5) is 17.2. The lowest BCUT2D eigenvalue weighted by molar-refractivity contribution is 0.0676. The van der Waals surface area contributed by atoms with Crippen molar-refractivity contribution in [2.45, 2.75) is 13.0 Å². The Bertz CT molecular complexity index is 354. The van der Waals surface area contributed by atoms with Crippen LogP contribution in [0.25, 0.3) is 0 Å². The molecule has 0 aliphatic carbocycles. The fraction of sp³-hybridized carbons (Fsp3) is 0.400. The van der Waals surface area contributed by atoms with E-state index < -0.39 is 0 Å². The molecule has 1 rings (SSSR count). The van der Waals surface area contributed by atoms with Crippen LogP contribution in [0.1, 0.15) is 17.4 Å². The maximum absolute atomic E-state index is 11.8. The number of likely N-dealkylation sites (N-methyl/N-ethyl adjacent to an activating group) is 1. The van der Waals surface area contributed by atoms with Crippen molar-refractivity contribution in [3.63, 3.8) is 0 Å². The van der Waals surface area contributed by atoms with E-state index in [1.165, 1.54) is 17.2 Å². The lowest BCUT2D eigenvalue weighted by Gasteiger charge is -2.22. The third-order valence-corrected chi connectivity index (χ3v) is 2.25. The van der Waals surface area contributed by atoms with Crippen molar-refractivity contribution in [1.29, 1.82) is 0 Å². The van der Waals surface area contributed by atoms with Gasteiger partial charge in [0.25, 0.3) is 5.91 Å². The van der Waals surface area contributed by atoms with Gasteiger partial charge < -0.3 is 15.7 Å². The minimum atomic E-state index is -0.246. The molecule has 1 aromatic rings. The minimum absolute atomic E-state index is 0.0788. The van der Waals surface area contributed by atoms with Crippen molar-refractivity contribution >= 4 is 11.6 Å². The van der Waals surface area contributed by atoms with Gasteiger partial charge in [0.2, 0.25) is 0 Å². The zero-order chi connectivity index (χ0) is 11.4. The van der Waals surface area contributed by atoms with Crippen LogP contribution >= 0.6 is 0 Å². The van der Waals surface area contributed by atoms with Gasteiger partial charge in [-0.05, 0) is 19.1 Å². The number of carbonyl (C=O) groups is 1. The molecule has 1 atom stereocenters. The summed E-state index contributed by atoms with van der Waals surface area (Å²) < 4.78 is 0. The van der Waals surface area contributed by atoms with Gasteiger partial charge in [0.05, 0.1) is 12.6 Å². The van der Waals surface area contributed by atoms with Crippen molar-refractivity contribution in [2.75, 3.05) is 19.4 Å². The molecule has 1 aromatic heterocycles. The van der Waals surface area contributed by atoms with Gasteiger partial charge in [0.15, 0.2) is 0 Å². The zero-order valence-electron chi connectivity index (χ0n) is 8.84. The standard InChI is InChI=1S/C10H15N3O2/c1-7(6-14)13(2)10(15)9-5-8(11)3-4-12-9/h3-5,7,14H,6H2,1-2H3,(H2,11,12). The lowest BCUT2D eigenvalue weighted by atomic mass is 10.2. The summed E-state index contributed by atoms with van der Waals surface area (Å²) in [6, 6.07) is 2.90. The van der Waals surface area contributed by atoms with E-state index in [9.17, 15) is 4.79 Å². The summed E-state index contributed by atoms with van der Waals surface area (Å²) in [5.74, 6) is -0.246. The first-order valence-electron chi connectivity index (χ1n) is 4.65. The molecular weight excluding hydrogens is 194 g/mol. The number of nitrogens with zero attached hydrogens (tertiary/aromatic N) is 2. The number of hydrogen-bond donors (Lipinski definition) is 2. The Hall–Kier alpha value is -1.62. The summed E-state index contributed by atoms with van der Waals surface area (Å²) in [5, 5.41) is 8.92. The van der Waals surface area contributed by atoms with E-state index in [-0.39, 0.29) is 24.2 Å². The summed E-state index contributed by atoms with van der Waals surface area (Å²) in [6.45, 7) is 1.68. The molecule has 15 heavy (non-hydrogen) atoms. The number of aliphatic hydroxyl groups is 1. The average Bonchev–Trinajstić information content (AvgIpc) is 2.26. The summed E-state index contributed by atoms with van der Waals surface area (Å²) >= 11 is 0. The predicted molar refractivity (Wildman–Crippen MR) is 57.3 cm³/mol. The van der Waals surface area contributed by atoms with Gasteiger partial charge in [-0.2, -0.15) is 0 Å². The maximum atomic E-state index is 11.8. The van der Waals surface area contributed by atoms with E-state index in [0.717, 1.165) is 0 Å². The molecule has 0 aliphatic rings. The number of aliphatic hydroxyl groups excluding tert-OH is 1. The zero-order valence-corrected chi connectivity index (χ0v) is 8.84. The van der Waals surface area contributed by atoms with Crippen LogP contribution < -0.4 is 5.73 Å². The summed E-state index contributed by atoms with van der Waals surface area (Å²) in [5.41, 5.74) is 6.33. The molecule has 5 heteroatoms. The number of carbonyl (C=O) groups excluding carboxylic acids is 1. The lowest BCUT2D eigenvalue weighted by Crippen LogP contribution is -2.37. The highest BCUT2D eigenvalue weighted by atomic mass is 16.3. The van der Waals surface area contributed by atoms with E-state index in [4.69, 9.17) is 10.8 Å². The molecule has 1 heterocycles. The fourth-order valence-corrected chi connectivity index (χ4v) is 1.07. The van der Waals surface area contributed by atoms with E-state index in [1.807, 2.05) is 0 Å². The number of amides is 1. The normalized spacial score (nSPS) is 12.2. The largest absolute Gasteiger partial charge is 0.399 e. The number of anilines is 1. The Morgan fingerprint density at radius 1 is 1.73 bits per heavy atom. The number of hydrogen-bond acceptors (Lipinski definition) is 4. The van der Waals surface area contributed by atoms with E-state index in [0.29, 0.717) is 5.69 Å². The topological polar surface area (TPSA) is 79.5 Å². The number of rotatable bonds is 3. The van der Waals surface area contributed by atoms with Crippen LogP contribution in [0.15, 0.2) is 18.3 Å². The molecule has 3 N–H and O–H groups in total. The smallest absolute Gasteiger partial charge is 0.272 e. The average molecular weight is 209 g/mol. The van der Waals surface area contributed by atoms with Crippen molar-refractivity contribution in [2.24, 2.45) is 0 Å². The Kier molecular flexibility index (Phi) is 3.62. The van der Waals surface area contributed by atoms with Crippen molar-refractivity contribution in [3.8, 4) is 0 Å². The highest BCUT2D eigenvalue weighted by molar-refractivity contribution is 5.93. The van der Waals surface area contributed by atoms with Gasteiger partial charge in [-0.25, -0.2) is 0 Å². The number of nitrogen functional groups attached to an aromatic ring is 1. The maximum Gasteiger partial charge on any atom is 0.272 e. The summed E-state index contributed by atoms with van der Waals surface area (Å²) in [6.07, 6.45) is 1.49. The van der Waals surface area contributed by atoms with Gasteiger partial charge in [0, 0.05) is 18.9 Å². The van der Waals surface area contributed by atoms with Crippen LogP contribution in [-0.2, 0) is 0 Å². The molecule has 0 spiro atoms. The predicted octanol–water partition coefficient (Wildman–Crippen LogP) is 0.117. The van der Waals surface area contributed by atoms with Crippen LogP contribution in [0, 0.1) is 0 Å². The van der Waals surface area contributed by atoms with E-state index in [2.05, 4.69) is 4.98 Å². The molecule has 5 nitrogen and oxygen atoms in total. The highest BCUT2D eigenvalue weighted by Gasteiger charge is 2.17. The molecule has 0 aromatic carbocycles. The van der Waals surface area contributed by atoms with E-state index in [1.54, 1.807) is 20.0 Å². The second-order valence-corrected chi connectivity index (χ2v) is 3.42. The molecule has 0 fully saturated rings. The molecular formula is C10H15N3O2. The Balaban J connectivity index is 2.85. The van der Waals surface area contributed by atoms with Crippen LogP contribution in [0.3, 0.4) is 0 Å². The van der Waals surface area contributed by atoms with Gasteiger partial charge in [0.1, 0.15) is 5.69 Å². The third kappa shape index (κ3) is 2.66. The molecule has 0 saturated heterocycles.